The molecule has 0 unspecified atom stereocenters. The SMILES string of the molecule is O=C(NCc1ccncc1)Nc1ncccn1. The molecule has 2 N–H and O–H groups in total. The van der Waals surface area contributed by atoms with Crippen molar-refractivity contribution in [3.05, 3.63) is 48.5 Å². The summed E-state index contributed by atoms with van der Waals surface area (Å²) in [4.78, 5) is 23.1. The summed E-state index contributed by atoms with van der Waals surface area (Å²) in [5.74, 6) is 0.278. The zero-order valence-corrected chi connectivity index (χ0v) is 9.00. The summed E-state index contributed by atoms with van der Waals surface area (Å²) in [5, 5.41) is 5.21. The molecule has 86 valence electrons. The smallest absolute Gasteiger partial charge is 0.321 e. The standard InChI is InChI=1S/C11H11N5O/c17-11(16-10-13-4-1-5-14-10)15-8-9-2-6-12-7-3-9/h1-7H,8H2,(H2,13,14,15,16,17). The molecule has 2 aromatic rings. The fourth-order valence-corrected chi connectivity index (χ4v) is 1.19. The number of pyridine rings is 1. The van der Waals surface area contributed by atoms with Crippen LogP contribution in [0.15, 0.2) is 43.0 Å². The summed E-state index contributed by atoms with van der Waals surface area (Å²) >= 11 is 0. The molecule has 0 aromatic carbocycles. The van der Waals surface area contributed by atoms with Crippen LogP contribution in [0.4, 0.5) is 10.7 Å². The first kappa shape index (κ1) is 11.0. The molecule has 0 saturated heterocycles. The van der Waals surface area contributed by atoms with E-state index in [1.807, 2.05) is 12.1 Å². The molecule has 0 aliphatic rings. The van der Waals surface area contributed by atoms with Gasteiger partial charge in [0.05, 0.1) is 0 Å². The van der Waals surface area contributed by atoms with Gasteiger partial charge in [-0.25, -0.2) is 14.8 Å². The lowest BCUT2D eigenvalue weighted by atomic mass is 10.3. The van der Waals surface area contributed by atoms with Gasteiger partial charge in [0.2, 0.25) is 5.95 Å². The molecule has 0 bridgehead atoms. The Labute approximate surface area is 98.1 Å². The third kappa shape index (κ3) is 3.53. The van der Waals surface area contributed by atoms with Gasteiger partial charge in [0.25, 0.3) is 0 Å². The third-order valence-corrected chi connectivity index (χ3v) is 1.99. The molecular weight excluding hydrogens is 218 g/mol. The van der Waals surface area contributed by atoms with Crippen LogP contribution in [0.25, 0.3) is 0 Å². The molecule has 2 heterocycles. The molecule has 0 atom stereocenters. The van der Waals surface area contributed by atoms with Crippen LogP contribution in [-0.2, 0) is 6.54 Å². The predicted molar refractivity (Wildman–Crippen MR) is 62.1 cm³/mol. The van der Waals surface area contributed by atoms with Crippen LogP contribution in [-0.4, -0.2) is 21.0 Å². The zero-order valence-electron chi connectivity index (χ0n) is 9.00. The molecule has 0 radical (unpaired) electrons. The number of hydrogen-bond donors (Lipinski definition) is 2. The van der Waals surface area contributed by atoms with Crippen molar-refractivity contribution in [2.24, 2.45) is 0 Å². The van der Waals surface area contributed by atoms with E-state index in [0.717, 1.165) is 5.56 Å². The Morgan fingerprint density at radius 3 is 2.53 bits per heavy atom. The van der Waals surface area contributed by atoms with Gasteiger partial charge in [-0.15, -0.1) is 0 Å². The molecule has 0 saturated carbocycles. The number of carbonyl (C=O) groups excluding carboxylic acids is 1. The molecule has 0 spiro atoms. The van der Waals surface area contributed by atoms with E-state index in [0.29, 0.717) is 6.54 Å². The summed E-state index contributed by atoms with van der Waals surface area (Å²) in [5.41, 5.74) is 0.976. The molecule has 0 fully saturated rings. The molecule has 2 rings (SSSR count). The van der Waals surface area contributed by atoms with Crippen LogP contribution in [0.3, 0.4) is 0 Å². The normalized spacial score (nSPS) is 9.65. The Morgan fingerprint density at radius 2 is 1.82 bits per heavy atom. The summed E-state index contributed by atoms with van der Waals surface area (Å²) in [7, 11) is 0. The summed E-state index contributed by atoms with van der Waals surface area (Å²) in [6.07, 6.45) is 6.47. The van der Waals surface area contributed by atoms with Crippen LogP contribution >= 0.6 is 0 Å². The van der Waals surface area contributed by atoms with Crippen LogP contribution in [0.2, 0.25) is 0 Å². The molecule has 6 heteroatoms. The van der Waals surface area contributed by atoms with Crippen LogP contribution < -0.4 is 10.6 Å². The average Bonchev–Trinajstić information content (AvgIpc) is 2.39. The molecular formula is C11H11N5O. The largest absolute Gasteiger partial charge is 0.334 e. The number of rotatable bonds is 3. The summed E-state index contributed by atoms with van der Waals surface area (Å²) in [6, 6.07) is 5.01. The topological polar surface area (TPSA) is 79.8 Å². The van der Waals surface area contributed by atoms with Gasteiger partial charge in [0.1, 0.15) is 0 Å². The lowest BCUT2D eigenvalue weighted by Gasteiger charge is -2.05. The minimum atomic E-state index is -0.340. The number of aromatic nitrogens is 3. The van der Waals surface area contributed by atoms with Gasteiger partial charge in [0, 0.05) is 31.3 Å². The molecule has 0 aliphatic carbocycles. The minimum absolute atomic E-state index is 0.278. The highest BCUT2D eigenvalue weighted by Gasteiger charge is 2.02. The summed E-state index contributed by atoms with van der Waals surface area (Å²) in [6.45, 7) is 0.432. The third-order valence-electron chi connectivity index (χ3n) is 1.99. The fraction of sp³-hybridized carbons (Fsp3) is 0.0909. The molecule has 17 heavy (non-hydrogen) atoms. The maximum atomic E-state index is 11.5. The highest BCUT2D eigenvalue weighted by molar-refractivity contribution is 5.87. The van der Waals surface area contributed by atoms with E-state index in [9.17, 15) is 4.79 Å². The van der Waals surface area contributed by atoms with E-state index in [4.69, 9.17) is 0 Å². The van der Waals surface area contributed by atoms with Gasteiger partial charge in [0.15, 0.2) is 0 Å². The quantitative estimate of drug-likeness (QED) is 0.828. The highest BCUT2D eigenvalue weighted by atomic mass is 16.2. The van der Waals surface area contributed by atoms with E-state index < -0.39 is 0 Å². The number of hydrogen-bond acceptors (Lipinski definition) is 4. The van der Waals surface area contributed by atoms with Gasteiger partial charge >= 0.3 is 6.03 Å². The van der Waals surface area contributed by atoms with Crippen molar-refractivity contribution in [3.63, 3.8) is 0 Å². The van der Waals surface area contributed by atoms with Crippen molar-refractivity contribution < 1.29 is 4.79 Å². The van der Waals surface area contributed by atoms with Gasteiger partial charge in [-0.05, 0) is 23.8 Å². The Morgan fingerprint density at radius 1 is 1.12 bits per heavy atom. The van der Waals surface area contributed by atoms with E-state index in [-0.39, 0.29) is 12.0 Å². The van der Waals surface area contributed by atoms with Crippen molar-refractivity contribution in [2.45, 2.75) is 6.54 Å². The van der Waals surface area contributed by atoms with Gasteiger partial charge in [-0.3, -0.25) is 10.3 Å². The monoisotopic (exact) mass is 229 g/mol. The molecule has 0 aliphatic heterocycles. The van der Waals surface area contributed by atoms with Crippen molar-refractivity contribution in [3.8, 4) is 0 Å². The van der Waals surface area contributed by atoms with Gasteiger partial charge < -0.3 is 5.32 Å². The lowest BCUT2D eigenvalue weighted by molar-refractivity contribution is 0.251. The number of amides is 2. The number of urea groups is 1. The van der Waals surface area contributed by atoms with Crippen molar-refractivity contribution in [1.29, 1.82) is 0 Å². The van der Waals surface area contributed by atoms with E-state index in [1.54, 1.807) is 30.9 Å². The number of anilines is 1. The van der Waals surface area contributed by atoms with Crippen LogP contribution in [0.1, 0.15) is 5.56 Å². The molecule has 2 aromatic heterocycles. The molecule has 2 amide bonds. The number of nitrogens with one attached hydrogen (secondary N) is 2. The van der Waals surface area contributed by atoms with Crippen molar-refractivity contribution in [1.82, 2.24) is 20.3 Å². The number of nitrogens with zero attached hydrogens (tertiary/aromatic N) is 3. The Bertz CT molecular complexity index is 474. The van der Waals surface area contributed by atoms with Crippen LogP contribution in [0, 0.1) is 0 Å². The number of carbonyl (C=O) groups is 1. The Balaban J connectivity index is 1.83. The first-order valence-corrected chi connectivity index (χ1v) is 5.05. The van der Waals surface area contributed by atoms with Gasteiger partial charge in [-0.2, -0.15) is 0 Å². The van der Waals surface area contributed by atoms with E-state index >= 15 is 0 Å². The first-order valence-electron chi connectivity index (χ1n) is 5.05. The maximum Gasteiger partial charge on any atom is 0.321 e. The maximum absolute atomic E-state index is 11.5. The second-order valence-electron chi connectivity index (χ2n) is 3.24. The second-order valence-corrected chi connectivity index (χ2v) is 3.24. The summed E-state index contributed by atoms with van der Waals surface area (Å²) < 4.78 is 0. The van der Waals surface area contributed by atoms with Gasteiger partial charge in [-0.1, -0.05) is 0 Å². The second kappa shape index (κ2) is 5.55. The van der Waals surface area contributed by atoms with E-state index in [1.165, 1.54) is 0 Å². The minimum Gasteiger partial charge on any atom is -0.334 e. The Hall–Kier alpha value is -2.50. The van der Waals surface area contributed by atoms with Crippen LogP contribution in [0.5, 0.6) is 0 Å². The van der Waals surface area contributed by atoms with Crippen molar-refractivity contribution >= 4 is 12.0 Å². The average molecular weight is 229 g/mol. The lowest BCUT2D eigenvalue weighted by Crippen LogP contribution is -2.28. The Kier molecular flexibility index (Phi) is 3.59. The van der Waals surface area contributed by atoms with E-state index in [2.05, 4.69) is 25.6 Å². The highest BCUT2D eigenvalue weighted by Crippen LogP contribution is 1.96. The zero-order chi connectivity index (χ0) is 11.9. The van der Waals surface area contributed by atoms with Crippen molar-refractivity contribution in [2.75, 3.05) is 5.32 Å². The first-order chi connectivity index (χ1) is 8.34. The predicted octanol–water partition coefficient (Wildman–Crippen LogP) is 1.19. The molecule has 6 nitrogen and oxygen atoms in total. The fourth-order valence-electron chi connectivity index (χ4n) is 1.19.